The number of thiophene rings is 1. The van der Waals surface area contributed by atoms with Crippen molar-refractivity contribution in [3.05, 3.63) is 170 Å². The Morgan fingerprint density at radius 1 is 0.244 bits per heavy atom. The van der Waals surface area contributed by atoms with Crippen molar-refractivity contribution in [2.75, 3.05) is 0 Å². The van der Waals surface area contributed by atoms with E-state index >= 15 is 0 Å². The van der Waals surface area contributed by atoms with Crippen LogP contribution in [0, 0.1) is 0 Å². The highest BCUT2D eigenvalue weighted by atomic mass is 32.1. The normalized spacial score (nSPS) is 11.6. The SMILES string of the molecule is c1ccc(-c2cccc(-c3c4ccccc4c(-c4cccc(-c5ccc6c(c5)sc5ccccc56)c4)c4ccccc34)c2)cc1. The summed E-state index contributed by atoms with van der Waals surface area (Å²) in [6, 6.07) is 62.2. The Morgan fingerprint density at radius 3 is 1.27 bits per heavy atom. The summed E-state index contributed by atoms with van der Waals surface area (Å²) in [5, 5.41) is 7.76. The smallest absolute Gasteiger partial charge is 0.0361 e. The molecule has 1 heteroatoms. The van der Waals surface area contributed by atoms with Crippen LogP contribution < -0.4 is 0 Å². The third kappa shape index (κ3) is 4.36. The molecule has 210 valence electrons. The summed E-state index contributed by atoms with van der Waals surface area (Å²) in [6.07, 6.45) is 0. The largest absolute Gasteiger partial charge is 0.135 e. The van der Waals surface area contributed by atoms with Crippen LogP contribution in [0.5, 0.6) is 0 Å². The van der Waals surface area contributed by atoms with Crippen LogP contribution >= 0.6 is 11.3 Å². The van der Waals surface area contributed by atoms with Crippen LogP contribution in [0.1, 0.15) is 0 Å². The van der Waals surface area contributed by atoms with Gasteiger partial charge < -0.3 is 0 Å². The van der Waals surface area contributed by atoms with E-state index in [4.69, 9.17) is 0 Å². The lowest BCUT2D eigenvalue weighted by molar-refractivity contribution is 1.61. The Labute approximate surface area is 266 Å². The molecule has 0 N–H and O–H groups in total. The fourth-order valence-corrected chi connectivity index (χ4v) is 8.14. The van der Waals surface area contributed by atoms with Gasteiger partial charge in [0.05, 0.1) is 0 Å². The zero-order chi connectivity index (χ0) is 29.7. The van der Waals surface area contributed by atoms with Gasteiger partial charge in [-0.25, -0.2) is 0 Å². The molecule has 0 unspecified atom stereocenters. The van der Waals surface area contributed by atoms with Gasteiger partial charge in [-0.15, -0.1) is 11.3 Å². The lowest BCUT2D eigenvalue weighted by atomic mass is 9.85. The maximum Gasteiger partial charge on any atom is 0.0361 e. The van der Waals surface area contributed by atoms with E-state index in [9.17, 15) is 0 Å². The third-order valence-corrected chi connectivity index (χ3v) is 10.2. The molecule has 9 rings (SSSR count). The molecule has 0 fully saturated rings. The molecule has 0 bridgehead atoms. The number of hydrogen-bond donors (Lipinski definition) is 0. The van der Waals surface area contributed by atoms with Crippen molar-refractivity contribution in [2.24, 2.45) is 0 Å². The van der Waals surface area contributed by atoms with Gasteiger partial charge >= 0.3 is 0 Å². The summed E-state index contributed by atoms with van der Waals surface area (Å²) < 4.78 is 2.67. The van der Waals surface area contributed by atoms with Crippen LogP contribution in [-0.2, 0) is 0 Å². The van der Waals surface area contributed by atoms with Gasteiger partial charge in [-0.05, 0) is 90.3 Å². The van der Waals surface area contributed by atoms with Crippen molar-refractivity contribution < 1.29 is 0 Å². The molecular formula is C44H28S. The molecule has 0 atom stereocenters. The van der Waals surface area contributed by atoms with E-state index in [1.807, 2.05) is 11.3 Å². The number of fused-ring (bicyclic) bond motifs is 5. The molecule has 0 spiro atoms. The van der Waals surface area contributed by atoms with Gasteiger partial charge in [-0.2, -0.15) is 0 Å². The van der Waals surface area contributed by atoms with E-state index < -0.39 is 0 Å². The van der Waals surface area contributed by atoms with E-state index in [-0.39, 0.29) is 0 Å². The zero-order valence-corrected chi connectivity index (χ0v) is 25.4. The Kier molecular flexibility index (Phi) is 6.11. The van der Waals surface area contributed by atoms with Gasteiger partial charge in [0.25, 0.3) is 0 Å². The molecule has 0 amide bonds. The van der Waals surface area contributed by atoms with Gasteiger partial charge in [0, 0.05) is 20.2 Å². The van der Waals surface area contributed by atoms with Gasteiger partial charge in [0.2, 0.25) is 0 Å². The highest BCUT2D eigenvalue weighted by Gasteiger charge is 2.17. The van der Waals surface area contributed by atoms with E-state index in [1.165, 1.54) is 86.2 Å². The first-order valence-corrected chi connectivity index (χ1v) is 16.2. The van der Waals surface area contributed by atoms with E-state index in [0.29, 0.717) is 0 Å². The van der Waals surface area contributed by atoms with Gasteiger partial charge in [-0.1, -0.05) is 146 Å². The van der Waals surface area contributed by atoms with Crippen molar-refractivity contribution in [1.82, 2.24) is 0 Å². The van der Waals surface area contributed by atoms with Crippen LogP contribution in [0.4, 0.5) is 0 Å². The first kappa shape index (κ1) is 25.9. The maximum atomic E-state index is 2.37. The van der Waals surface area contributed by atoms with Crippen molar-refractivity contribution in [2.45, 2.75) is 0 Å². The molecule has 8 aromatic carbocycles. The van der Waals surface area contributed by atoms with Crippen LogP contribution in [-0.4, -0.2) is 0 Å². The Morgan fingerprint density at radius 2 is 0.667 bits per heavy atom. The third-order valence-electron chi connectivity index (χ3n) is 9.05. The molecule has 0 aliphatic carbocycles. The van der Waals surface area contributed by atoms with Gasteiger partial charge in [-0.3, -0.25) is 0 Å². The highest BCUT2D eigenvalue weighted by Crippen LogP contribution is 2.45. The van der Waals surface area contributed by atoms with E-state index in [0.717, 1.165) is 0 Å². The predicted octanol–water partition coefficient (Wildman–Crippen LogP) is 13.0. The lowest BCUT2D eigenvalue weighted by Crippen LogP contribution is -1.91. The molecule has 0 saturated heterocycles. The summed E-state index contributed by atoms with van der Waals surface area (Å²) in [7, 11) is 0. The molecule has 0 aliphatic heterocycles. The minimum atomic E-state index is 1.23. The second kappa shape index (κ2) is 10.6. The maximum absolute atomic E-state index is 2.37. The standard InChI is InChI=1S/C44H28S/c1-2-12-29(13-3-1)30-14-10-16-33(26-30)43-37-19-4-6-21-39(37)44(40-22-7-5-20-38(40)43)34-17-11-15-31(27-34)32-24-25-36-35-18-8-9-23-41(35)45-42(36)28-32/h1-28H. The monoisotopic (exact) mass is 588 g/mol. The van der Waals surface area contributed by atoms with Crippen molar-refractivity contribution >= 4 is 53.1 Å². The summed E-state index contributed by atoms with van der Waals surface area (Å²) in [5.74, 6) is 0. The fraction of sp³-hybridized carbons (Fsp3) is 0. The van der Waals surface area contributed by atoms with E-state index in [2.05, 4.69) is 170 Å². The summed E-state index contributed by atoms with van der Waals surface area (Å²) in [4.78, 5) is 0. The minimum Gasteiger partial charge on any atom is -0.135 e. The minimum absolute atomic E-state index is 1.23. The lowest BCUT2D eigenvalue weighted by Gasteiger charge is -2.18. The number of hydrogen-bond acceptors (Lipinski definition) is 1. The Hall–Kier alpha value is -5.50. The second-order valence-electron chi connectivity index (χ2n) is 11.7. The summed E-state index contributed by atoms with van der Waals surface area (Å²) in [5.41, 5.74) is 9.99. The molecule has 1 heterocycles. The van der Waals surface area contributed by atoms with Crippen molar-refractivity contribution in [1.29, 1.82) is 0 Å². The fourth-order valence-electron chi connectivity index (χ4n) is 7.00. The average Bonchev–Trinajstić information content (AvgIpc) is 3.49. The van der Waals surface area contributed by atoms with Gasteiger partial charge in [0.1, 0.15) is 0 Å². The highest BCUT2D eigenvalue weighted by molar-refractivity contribution is 7.25. The first-order valence-electron chi connectivity index (χ1n) is 15.4. The molecule has 0 nitrogen and oxygen atoms in total. The zero-order valence-electron chi connectivity index (χ0n) is 24.6. The quantitative estimate of drug-likeness (QED) is 0.179. The van der Waals surface area contributed by atoms with Crippen LogP contribution in [0.25, 0.3) is 86.2 Å². The second-order valence-corrected chi connectivity index (χ2v) is 12.8. The van der Waals surface area contributed by atoms with Crippen molar-refractivity contribution in [3.8, 4) is 44.5 Å². The molecular weight excluding hydrogens is 561 g/mol. The first-order chi connectivity index (χ1) is 22.3. The van der Waals surface area contributed by atoms with E-state index in [1.54, 1.807) is 0 Å². The van der Waals surface area contributed by atoms with Crippen LogP contribution in [0.2, 0.25) is 0 Å². The molecule has 45 heavy (non-hydrogen) atoms. The topological polar surface area (TPSA) is 0 Å². The van der Waals surface area contributed by atoms with Gasteiger partial charge in [0.15, 0.2) is 0 Å². The number of benzene rings is 8. The molecule has 0 aliphatic rings. The molecule has 0 saturated carbocycles. The van der Waals surface area contributed by atoms with Crippen LogP contribution in [0.15, 0.2) is 170 Å². The summed E-state index contributed by atoms with van der Waals surface area (Å²) >= 11 is 1.87. The molecule has 9 aromatic rings. The van der Waals surface area contributed by atoms with Crippen LogP contribution in [0.3, 0.4) is 0 Å². The molecule has 1 aromatic heterocycles. The average molecular weight is 589 g/mol. The van der Waals surface area contributed by atoms with Crippen molar-refractivity contribution in [3.63, 3.8) is 0 Å². The Bertz CT molecular complexity index is 2480. The molecule has 0 radical (unpaired) electrons. The number of rotatable bonds is 4. The Balaban J connectivity index is 1.25. The predicted molar refractivity (Wildman–Crippen MR) is 196 cm³/mol. The summed E-state index contributed by atoms with van der Waals surface area (Å²) in [6.45, 7) is 0.